The van der Waals surface area contributed by atoms with Crippen molar-refractivity contribution in [1.29, 1.82) is 0 Å². The number of hydrogen-bond donors (Lipinski definition) is 0. The van der Waals surface area contributed by atoms with E-state index in [9.17, 15) is 13.2 Å². The van der Waals surface area contributed by atoms with Crippen molar-refractivity contribution < 1.29 is 17.9 Å². The number of hydrogen-bond acceptors (Lipinski definition) is 4. The van der Waals surface area contributed by atoms with E-state index in [1.54, 1.807) is 7.05 Å². The number of aryl methyl sites for hydroxylation is 1. The van der Waals surface area contributed by atoms with Crippen LogP contribution in [0.1, 0.15) is 24.0 Å². The van der Waals surface area contributed by atoms with Gasteiger partial charge in [0.25, 0.3) is 0 Å². The van der Waals surface area contributed by atoms with Crippen LogP contribution >= 0.6 is 0 Å². The summed E-state index contributed by atoms with van der Waals surface area (Å²) in [6.45, 7) is 2.29. The average Bonchev–Trinajstić information content (AvgIpc) is 2.40. The molecule has 0 unspecified atom stereocenters. The molecule has 1 rings (SSSR count). The summed E-state index contributed by atoms with van der Waals surface area (Å²) in [6.07, 6.45) is 0.390. The Bertz CT molecular complexity index is 554. The van der Waals surface area contributed by atoms with Gasteiger partial charge in [-0.3, -0.25) is 4.79 Å². The maximum Gasteiger partial charge on any atom is 0.305 e. The van der Waals surface area contributed by atoms with Crippen LogP contribution in [0, 0.1) is 6.92 Å². The van der Waals surface area contributed by atoms with Crippen LogP contribution in [-0.2, 0) is 26.1 Å². The van der Waals surface area contributed by atoms with Crippen LogP contribution in [-0.4, -0.2) is 38.6 Å². The molecule has 0 fully saturated rings. The molecular formula is C14H21NO4S. The third kappa shape index (κ3) is 4.94. The van der Waals surface area contributed by atoms with Crippen LogP contribution < -0.4 is 0 Å². The highest BCUT2D eigenvalue weighted by Crippen LogP contribution is 2.13. The van der Waals surface area contributed by atoms with E-state index in [1.807, 2.05) is 31.2 Å². The van der Waals surface area contributed by atoms with E-state index in [1.165, 1.54) is 11.4 Å². The van der Waals surface area contributed by atoms with Gasteiger partial charge in [-0.1, -0.05) is 24.3 Å². The van der Waals surface area contributed by atoms with Crippen molar-refractivity contribution in [3.8, 4) is 0 Å². The third-order valence-electron chi connectivity index (χ3n) is 3.14. The molecule has 0 heterocycles. The van der Waals surface area contributed by atoms with E-state index in [0.717, 1.165) is 11.1 Å². The highest BCUT2D eigenvalue weighted by Gasteiger charge is 2.18. The second-order valence-electron chi connectivity index (χ2n) is 4.68. The minimum absolute atomic E-state index is 0.0511. The fourth-order valence-corrected chi connectivity index (χ4v) is 2.94. The summed E-state index contributed by atoms with van der Waals surface area (Å²) < 4.78 is 30.0. The lowest BCUT2D eigenvalue weighted by Crippen LogP contribution is -2.29. The van der Waals surface area contributed by atoms with E-state index >= 15 is 0 Å². The Labute approximate surface area is 120 Å². The summed E-state index contributed by atoms with van der Waals surface area (Å²) in [5, 5.41) is 0. The number of sulfonamides is 1. The predicted octanol–water partition coefficient (Wildman–Crippen LogP) is 1.71. The van der Waals surface area contributed by atoms with E-state index in [0.29, 0.717) is 6.54 Å². The number of carbonyl (C=O) groups is 1. The van der Waals surface area contributed by atoms with Gasteiger partial charge in [0, 0.05) is 20.0 Å². The number of methoxy groups -OCH3 is 1. The first-order chi connectivity index (χ1) is 9.36. The van der Waals surface area contributed by atoms with Gasteiger partial charge < -0.3 is 4.74 Å². The van der Waals surface area contributed by atoms with Gasteiger partial charge in [0.05, 0.1) is 12.9 Å². The fraction of sp³-hybridized carbons (Fsp3) is 0.500. The second kappa shape index (κ2) is 7.40. The van der Waals surface area contributed by atoms with E-state index in [2.05, 4.69) is 4.74 Å². The summed E-state index contributed by atoms with van der Waals surface area (Å²) in [5.74, 6) is -0.438. The average molecular weight is 299 g/mol. The van der Waals surface area contributed by atoms with Gasteiger partial charge >= 0.3 is 5.97 Å². The van der Waals surface area contributed by atoms with E-state index < -0.39 is 10.0 Å². The van der Waals surface area contributed by atoms with Gasteiger partial charge in [0.2, 0.25) is 10.0 Å². The first-order valence-corrected chi connectivity index (χ1v) is 8.03. The Morgan fingerprint density at radius 2 is 1.95 bits per heavy atom. The number of ether oxygens (including phenoxy) is 1. The lowest BCUT2D eigenvalue weighted by molar-refractivity contribution is -0.140. The lowest BCUT2D eigenvalue weighted by atomic mass is 10.1. The zero-order chi connectivity index (χ0) is 15.2. The minimum Gasteiger partial charge on any atom is -0.469 e. The third-order valence-corrected chi connectivity index (χ3v) is 5.02. The number of nitrogens with zero attached hydrogens (tertiary/aromatic N) is 1. The van der Waals surface area contributed by atoms with Crippen LogP contribution in [0.4, 0.5) is 0 Å². The monoisotopic (exact) mass is 299 g/mol. The molecule has 0 amide bonds. The maximum absolute atomic E-state index is 12.1. The smallest absolute Gasteiger partial charge is 0.305 e. The largest absolute Gasteiger partial charge is 0.469 e. The molecule has 0 aliphatic heterocycles. The molecule has 0 aliphatic carbocycles. The van der Waals surface area contributed by atoms with Crippen molar-refractivity contribution in [3.05, 3.63) is 35.4 Å². The Balaban J connectivity index is 2.59. The van der Waals surface area contributed by atoms with Crippen molar-refractivity contribution in [1.82, 2.24) is 4.31 Å². The van der Waals surface area contributed by atoms with Gasteiger partial charge in [-0.05, 0) is 24.5 Å². The number of carbonyl (C=O) groups excluding carboxylic acids is 1. The minimum atomic E-state index is -3.35. The summed E-state index contributed by atoms with van der Waals surface area (Å²) in [7, 11) is -0.505. The van der Waals surface area contributed by atoms with Crippen LogP contribution in [0.3, 0.4) is 0 Å². The van der Waals surface area contributed by atoms with E-state index in [4.69, 9.17) is 0 Å². The standard InChI is InChI=1S/C14H21NO4S/c1-12-7-4-5-8-13(12)11-15(2)20(17,18)10-6-9-14(16)19-3/h4-5,7-8H,6,9-11H2,1-3H3. The first kappa shape index (κ1) is 16.7. The SMILES string of the molecule is COC(=O)CCCS(=O)(=O)N(C)Cc1ccccc1C. The Hall–Kier alpha value is -1.40. The van der Waals surface area contributed by atoms with Crippen molar-refractivity contribution in [2.24, 2.45) is 0 Å². The number of esters is 1. The zero-order valence-electron chi connectivity index (χ0n) is 12.1. The molecule has 5 nitrogen and oxygen atoms in total. The van der Waals surface area contributed by atoms with Gasteiger partial charge in [-0.15, -0.1) is 0 Å². The highest BCUT2D eigenvalue weighted by molar-refractivity contribution is 7.89. The molecule has 0 aliphatic rings. The van der Waals surface area contributed by atoms with Crippen LogP contribution in [0.25, 0.3) is 0 Å². The lowest BCUT2D eigenvalue weighted by Gasteiger charge is -2.18. The molecule has 0 atom stereocenters. The highest BCUT2D eigenvalue weighted by atomic mass is 32.2. The van der Waals surface area contributed by atoms with Crippen molar-refractivity contribution in [3.63, 3.8) is 0 Å². The molecule has 0 bridgehead atoms. The van der Waals surface area contributed by atoms with Crippen LogP contribution in [0.2, 0.25) is 0 Å². The van der Waals surface area contributed by atoms with Crippen LogP contribution in [0.15, 0.2) is 24.3 Å². The van der Waals surface area contributed by atoms with Gasteiger partial charge in [-0.2, -0.15) is 0 Å². The van der Waals surface area contributed by atoms with Crippen molar-refractivity contribution >= 4 is 16.0 Å². The summed E-state index contributed by atoms with van der Waals surface area (Å²) in [5.41, 5.74) is 2.04. The Morgan fingerprint density at radius 3 is 2.55 bits per heavy atom. The fourth-order valence-electron chi connectivity index (χ4n) is 1.78. The molecule has 1 aromatic carbocycles. The molecule has 6 heteroatoms. The summed E-state index contributed by atoms with van der Waals surface area (Å²) in [4.78, 5) is 11.0. The van der Waals surface area contributed by atoms with Crippen molar-refractivity contribution in [2.45, 2.75) is 26.3 Å². The van der Waals surface area contributed by atoms with Crippen LogP contribution in [0.5, 0.6) is 0 Å². The maximum atomic E-state index is 12.1. The summed E-state index contributed by atoms with van der Waals surface area (Å²) >= 11 is 0. The van der Waals surface area contributed by atoms with E-state index in [-0.39, 0.29) is 24.6 Å². The second-order valence-corrected chi connectivity index (χ2v) is 6.87. The quantitative estimate of drug-likeness (QED) is 0.719. The molecule has 0 radical (unpaired) electrons. The predicted molar refractivity (Wildman–Crippen MR) is 77.7 cm³/mol. The molecule has 112 valence electrons. The molecule has 0 saturated heterocycles. The molecular weight excluding hydrogens is 278 g/mol. The zero-order valence-corrected chi connectivity index (χ0v) is 12.9. The molecule has 20 heavy (non-hydrogen) atoms. The van der Waals surface area contributed by atoms with Crippen molar-refractivity contribution in [2.75, 3.05) is 19.9 Å². The normalized spacial score (nSPS) is 11.6. The molecule has 0 N–H and O–H groups in total. The van der Waals surface area contributed by atoms with Gasteiger partial charge in [-0.25, -0.2) is 12.7 Å². The summed E-state index contributed by atoms with van der Waals surface area (Å²) in [6, 6.07) is 7.67. The number of rotatable bonds is 7. The molecule has 0 saturated carbocycles. The molecule has 1 aromatic rings. The molecule has 0 spiro atoms. The van der Waals surface area contributed by atoms with Gasteiger partial charge in [0.1, 0.15) is 0 Å². The topological polar surface area (TPSA) is 63.7 Å². The Morgan fingerprint density at radius 1 is 1.30 bits per heavy atom. The molecule has 0 aromatic heterocycles. The van der Waals surface area contributed by atoms with Gasteiger partial charge in [0.15, 0.2) is 0 Å². The number of benzene rings is 1. The first-order valence-electron chi connectivity index (χ1n) is 6.42. The Kier molecular flexibility index (Phi) is 6.16.